The molecule has 1 aromatic carbocycles. The second kappa shape index (κ2) is 6.42. The summed E-state index contributed by atoms with van der Waals surface area (Å²) in [6.07, 6.45) is 2.51. The van der Waals surface area contributed by atoms with Crippen molar-refractivity contribution >= 4 is 12.1 Å². The highest BCUT2D eigenvalue weighted by Crippen LogP contribution is 2.20. The van der Waals surface area contributed by atoms with E-state index < -0.39 is 5.91 Å². The van der Waals surface area contributed by atoms with Crippen LogP contribution in [0.4, 0.5) is 0 Å². The third-order valence-corrected chi connectivity index (χ3v) is 2.35. The first-order valence-electron chi connectivity index (χ1n) is 6.04. The van der Waals surface area contributed by atoms with Crippen molar-refractivity contribution in [1.29, 1.82) is 0 Å². The SMILES string of the molecule is CCOc1cnc(C(=O)NN=Cc2ccc(O)cc2O)o1. The lowest BCUT2D eigenvalue weighted by Gasteiger charge is -1.99. The maximum absolute atomic E-state index is 11.7. The summed E-state index contributed by atoms with van der Waals surface area (Å²) in [6, 6.07) is 3.98. The van der Waals surface area contributed by atoms with Crippen molar-refractivity contribution in [1.82, 2.24) is 10.4 Å². The summed E-state index contributed by atoms with van der Waals surface area (Å²) in [7, 11) is 0. The van der Waals surface area contributed by atoms with Gasteiger partial charge in [-0.1, -0.05) is 0 Å². The largest absolute Gasteiger partial charge is 0.508 e. The first kappa shape index (κ1) is 14.4. The van der Waals surface area contributed by atoms with Gasteiger partial charge in [-0.05, 0) is 19.1 Å². The fourth-order valence-electron chi connectivity index (χ4n) is 1.42. The number of oxazole rings is 1. The normalized spacial score (nSPS) is 10.7. The zero-order valence-corrected chi connectivity index (χ0v) is 11.1. The molecule has 0 spiro atoms. The van der Waals surface area contributed by atoms with E-state index in [-0.39, 0.29) is 23.3 Å². The smallest absolute Gasteiger partial charge is 0.327 e. The number of carbonyl (C=O) groups excluding carboxylic acids is 1. The van der Waals surface area contributed by atoms with E-state index >= 15 is 0 Å². The second-order valence-corrected chi connectivity index (χ2v) is 3.86. The first-order chi connectivity index (χ1) is 10.1. The number of hydrazone groups is 1. The molecular weight excluding hydrogens is 278 g/mol. The summed E-state index contributed by atoms with van der Waals surface area (Å²) < 4.78 is 10.1. The highest BCUT2D eigenvalue weighted by atomic mass is 16.6. The number of phenols is 2. The average Bonchev–Trinajstić information content (AvgIpc) is 2.90. The lowest BCUT2D eigenvalue weighted by Crippen LogP contribution is -2.17. The zero-order chi connectivity index (χ0) is 15.2. The highest BCUT2D eigenvalue weighted by molar-refractivity contribution is 5.91. The molecule has 2 rings (SSSR count). The van der Waals surface area contributed by atoms with Crippen LogP contribution in [0.25, 0.3) is 0 Å². The predicted octanol–water partition coefficient (Wildman–Crippen LogP) is 1.25. The van der Waals surface area contributed by atoms with Gasteiger partial charge in [-0.3, -0.25) is 4.79 Å². The molecule has 3 N–H and O–H groups in total. The molecular formula is C13H13N3O5. The van der Waals surface area contributed by atoms with Crippen molar-refractivity contribution in [2.75, 3.05) is 6.61 Å². The van der Waals surface area contributed by atoms with Crippen LogP contribution < -0.4 is 10.2 Å². The average molecular weight is 291 g/mol. The van der Waals surface area contributed by atoms with Crippen LogP contribution >= 0.6 is 0 Å². The van der Waals surface area contributed by atoms with Gasteiger partial charge in [0.05, 0.1) is 12.8 Å². The molecule has 0 radical (unpaired) electrons. The van der Waals surface area contributed by atoms with Crippen LogP contribution in [0, 0.1) is 0 Å². The van der Waals surface area contributed by atoms with Gasteiger partial charge < -0.3 is 19.4 Å². The van der Waals surface area contributed by atoms with Gasteiger partial charge in [-0.15, -0.1) is 0 Å². The fraction of sp³-hybridized carbons (Fsp3) is 0.154. The van der Waals surface area contributed by atoms with Gasteiger partial charge in [-0.2, -0.15) is 5.10 Å². The number of ether oxygens (including phenoxy) is 1. The minimum atomic E-state index is -0.657. The third-order valence-electron chi connectivity index (χ3n) is 2.35. The van der Waals surface area contributed by atoms with Crippen LogP contribution in [0.15, 0.2) is 33.9 Å². The van der Waals surface area contributed by atoms with Gasteiger partial charge in [-0.25, -0.2) is 10.4 Å². The van der Waals surface area contributed by atoms with Gasteiger partial charge in [0, 0.05) is 11.6 Å². The first-order valence-corrected chi connectivity index (χ1v) is 6.04. The molecule has 0 aliphatic heterocycles. The quantitative estimate of drug-likeness (QED) is 0.563. The minimum absolute atomic E-state index is 0.0723. The molecule has 0 unspecified atom stereocenters. The third kappa shape index (κ3) is 3.72. The van der Waals surface area contributed by atoms with Crippen molar-refractivity contribution in [2.24, 2.45) is 5.10 Å². The van der Waals surface area contributed by atoms with E-state index in [1.165, 1.54) is 24.5 Å². The lowest BCUT2D eigenvalue weighted by atomic mass is 10.2. The molecule has 8 nitrogen and oxygen atoms in total. The van der Waals surface area contributed by atoms with E-state index in [0.29, 0.717) is 12.2 Å². The van der Waals surface area contributed by atoms with Crippen molar-refractivity contribution < 1.29 is 24.2 Å². The standard InChI is InChI=1S/C13H13N3O5/c1-2-20-11-7-14-13(21-11)12(19)16-15-6-8-3-4-9(17)5-10(8)18/h3-7,17-18H,2H2,1H3,(H,16,19). The molecule has 0 bridgehead atoms. The summed E-state index contributed by atoms with van der Waals surface area (Å²) >= 11 is 0. The Hall–Kier alpha value is -3.03. The number of amides is 1. The van der Waals surface area contributed by atoms with Gasteiger partial charge in [0.15, 0.2) is 0 Å². The number of rotatable bonds is 5. The van der Waals surface area contributed by atoms with Gasteiger partial charge in [0.25, 0.3) is 5.89 Å². The maximum Gasteiger partial charge on any atom is 0.327 e. The number of hydrogen-bond acceptors (Lipinski definition) is 7. The van der Waals surface area contributed by atoms with Crippen LogP contribution in [0.3, 0.4) is 0 Å². The monoisotopic (exact) mass is 291 g/mol. The number of phenolic OH excluding ortho intramolecular Hbond substituents is 2. The summed E-state index contributed by atoms with van der Waals surface area (Å²) in [5.74, 6) is -0.941. The topological polar surface area (TPSA) is 117 Å². The molecule has 1 aromatic heterocycles. The van der Waals surface area contributed by atoms with Crippen LogP contribution in [0.2, 0.25) is 0 Å². The Bertz CT molecular complexity index is 666. The van der Waals surface area contributed by atoms with E-state index in [0.717, 1.165) is 6.07 Å². The molecule has 0 aliphatic rings. The van der Waals surface area contributed by atoms with E-state index in [1.807, 2.05) is 0 Å². The molecule has 0 atom stereocenters. The van der Waals surface area contributed by atoms with Crippen LogP contribution in [-0.4, -0.2) is 33.9 Å². The summed E-state index contributed by atoms with van der Waals surface area (Å²) in [5, 5.41) is 22.3. The second-order valence-electron chi connectivity index (χ2n) is 3.86. The summed E-state index contributed by atoms with van der Waals surface area (Å²) in [4.78, 5) is 15.4. The molecule has 0 saturated carbocycles. The highest BCUT2D eigenvalue weighted by Gasteiger charge is 2.12. The molecule has 1 amide bonds. The Labute approximate surface area is 119 Å². The van der Waals surface area contributed by atoms with E-state index in [4.69, 9.17) is 14.3 Å². The summed E-state index contributed by atoms with van der Waals surface area (Å²) in [5.41, 5.74) is 2.52. The molecule has 0 aliphatic carbocycles. The lowest BCUT2D eigenvalue weighted by molar-refractivity contribution is 0.0912. The Balaban J connectivity index is 1.98. The van der Waals surface area contributed by atoms with Crippen molar-refractivity contribution in [3.05, 3.63) is 35.9 Å². The number of nitrogens with one attached hydrogen (secondary N) is 1. The molecule has 0 saturated heterocycles. The number of aromatic hydroxyl groups is 2. The Kier molecular flexibility index (Phi) is 4.39. The molecule has 0 fully saturated rings. The van der Waals surface area contributed by atoms with Crippen LogP contribution in [0.1, 0.15) is 23.2 Å². The molecule has 8 heteroatoms. The van der Waals surface area contributed by atoms with Crippen LogP contribution in [0.5, 0.6) is 17.4 Å². The Morgan fingerprint density at radius 2 is 2.33 bits per heavy atom. The zero-order valence-electron chi connectivity index (χ0n) is 11.1. The number of carbonyl (C=O) groups is 1. The molecule has 110 valence electrons. The number of nitrogens with zero attached hydrogens (tertiary/aromatic N) is 2. The van der Waals surface area contributed by atoms with Gasteiger partial charge >= 0.3 is 11.9 Å². The van der Waals surface area contributed by atoms with Crippen LogP contribution in [-0.2, 0) is 0 Å². The maximum atomic E-state index is 11.7. The number of hydrogen-bond donors (Lipinski definition) is 3. The molecule has 1 heterocycles. The van der Waals surface area contributed by atoms with Crippen molar-refractivity contribution in [3.63, 3.8) is 0 Å². The van der Waals surface area contributed by atoms with Gasteiger partial charge in [0.1, 0.15) is 17.7 Å². The molecule has 2 aromatic rings. The number of aromatic nitrogens is 1. The fourth-order valence-corrected chi connectivity index (χ4v) is 1.42. The van der Waals surface area contributed by atoms with Crippen molar-refractivity contribution in [2.45, 2.75) is 6.92 Å². The Morgan fingerprint density at radius 3 is 3.05 bits per heavy atom. The van der Waals surface area contributed by atoms with E-state index in [1.54, 1.807) is 6.92 Å². The van der Waals surface area contributed by atoms with Crippen molar-refractivity contribution in [3.8, 4) is 17.4 Å². The predicted molar refractivity (Wildman–Crippen MR) is 72.5 cm³/mol. The van der Waals surface area contributed by atoms with E-state index in [9.17, 15) is 9.90 Å². The minimum Gasteiger partial charge on any atom is -0.508 e. The van der Waals surface area contributed by atoms with Gasteiger partial charge in [0.2, 0.25) is 0 Å². The molecule has 21 heavy (non-hydrogen) atoms. The Morgan fingerprint density at radius 1 is 1.52 bits per heavy atom. The summed E-state index contributed by atoms with van der Waals surface area (Å²) in [6.45, 7) is 2.17. The van der Waals surface area contributed by atoms with E-state index in [2.05, 4.69) is 15.5 Å². The number of benzene rings is 1.